The monoisotopic (exact) mass is 424 g/mol. The zero-order valence-electron chi connectivity index (χ0n) is 12.5. The highest BCUT2D eigenvalue weighted by Crippen LogP contribution is 2.29. The number of methoxy groups -OCH3 is 1. The second kappa shape index (κ2) is 11.4. The topological polar surface area (TPSA) is 36.9 Å². The normalized spacial score (nSPS) is 10.9. The summed E-state index contributed by atoms with van der Waals surface area (Å²) < 4.78 is 22.5. The van der Waals surface area contributed by atoms with E-state index < -0.39 is 0 Å². The van der Waals surface area contributed by atoms with Crippen LogP contribution in [0.5, 0.6) is 5.75 Å². The van der Waals surface area contributed by atoms with Crippen LogP contribution in [0.25, 0.3) is 0 Å². The van der Waals surface area contributed by atoms with E-state index in [1.807, 2.05) is 13.0 Å². The molecule has 120 valence electrons. The van der Waals surface area contributed by atoms with Crippen molar-refractivity contribution in [1.82, 2.24) is 0 Å². The van der Waals surface area contributed by atoms with Crippen molar-refractivity contribution in [2.45, 2.75) is 12.3 Å². The van der Waals surface area contributed by atoms with Crippen molar-refractivity contribution in [3.8, 4) is 5.75 Å². The summed E-state index contributed by atoms with van der Waals surface area (Å²) >= 11 is 6.97. The summed E-state index contributed by atoms with van der Waals surface area (Å²) in [6.45, 7) is 5.47. The van der Waals surface area contributed by atoms with E-state index in [9.17, 15) is 0 Å². The van der Waals surface area contributed by atoms with Crippen molar-refractivity contribution in [1.29, 1.82) is 0 Å². The lowest BCUT2D eigenvalue weighted by atomic mass is 10.1. The van der Waals surface area contributed by atoms with Crippen molar-refractivity contribution in [2.24, 2.45) is 0 Å². The first-order valence-electron chi connectivity index (χ1n) is 6.81. The molecule has 0 bridgehead atoms. The maximum atomic E-state index is 5.82. The van der Waals surface area contributed by atoms with E-state index in [1.54, 1.807) is 7.11 Å². The van der Waals surface area contributed by atoms with E-state index in [1.165, 1.54) is 0 Å². The van der Waals surface area contributed by atoms with Gasteiger partial charge in [0, 0.05) is 22.5 Å². The van der Waals surface area contributed by atoms with E-state index in [0.717, 1.165) is 26.7 Å². The summed E-state index contributed by atoms with van der Waals surface area (Å²) in [5.74, 6) is 0.926. The largest absolute Gasteiger partial charge is 0.491 e. The molecule has 0 amide bonds. The third kappa shape index (κ3) is 7.61. The number of halogens is 2. The Morgan fingerprint density at radius 2 is 1.57 bits per heavy atom. The first-order chi connectivity index (χ1) is 10.2. The van der Waals surface area contributed by atoms with Crippen LogP contribution in [-0.2, 0) is 19.5 Å². The predicted octanol–water partition coefficient (Wildman–Crippen LogP) is 3.71. The van der Waals surface area contributed by atoms with Crippen molar-refractivity contribution >= 4 is 31.9 Å². The van der Waals surface area contributed by atoms with Gasteiger partial charge in [0.25, 0.3) is 0 Å². The number of ether oxygens (including phenoxy) is 4. The first kappa shape index (κ1) is 18.9. The van der Waals surface area contributed by atoms with Crippen LogP contribution in [0.4, 0.5) is 0 Å². The van der Waals surface area contributed by atoms with Gasteiger partial charge in [0.05, 0.1) is 33.0 Å². The van der Waals surface area contributed by atoms with E-state index in [4.69, 9.17) is 18.9 Å². The number of hydrogen-bond donors (Lipinski definition) is 0. The van der Waals surface area contributed by atoms with Crippen molar-refractivity contribution in [2.75, 3.05) is 46.8 Å². The van der Waals surface area contributed by atoms with Gasteiger partial charge in [0.15, 0.2) is 0 Å². The van der Waals surface area contributed by atoms with Crippen LogP contribution < -0.4 is 4.74 Å². The van der Waals surface area contributed by atoms with Gasteiger partial charge in [-0.05, 0) is 24.6 Å². The summed E-state index contributed by atoms with van der Waals surface area (Å²) in [4.78, 5) is 0. The maximum absolute atomic E-state index is 5.82. The molecule has 0 saturated carbocycles. The molecule has 0 N–H and O–H groups in total. The molecule has 0 unspecified atom stereocenters. The fourth-order valence-corrected chi connectivity index (χ4v) is 2.81. The van der Waals surface area contributed by atoms with Gasteiger partial charge in [-0.2, -0.15) is 0 Å². The quantitative estimate of drug-likeness (QED) is 0.400. The Morgan fingerprint density at radius 1 is 0.952 bits per heavy atom. The highest BCUT2D eigenvalue weighted by Gasteiger charge is 2.08. The number of aryl methyl sites for hydroxylation is 1. The molecule has 21 heavy (non-hydrogen) atoms. The van der Waals surface area contributed by atoms with Gasteiger partial charge in [-0.1, -0.05) is 31.9 Å². The number of hydrogen-bond acceptors (Lipinski definition) is 4. The first-order valence-corrected chi connectivity index (χ1v) is 8.72. The molecule has 0 aliphatic carbocycles. The van der Waals surface area contributed by atoms with Crippen LogP contribution in [0.15, 0.2) is 16.6 Å². The van der Waals surface area contributed by atoms with Crippen LogP contribution in [0.2, 0.25) is 0 Å². The maximum Gasteiger partial charge on any atom is 0.126 e. The lowest BCUT2D eigenvalue weighted by Gasteiger charge is -2.14. The fourth-order valence-electron chi connectivity index (χ4n) is 1.77. The minimum absolute atomic E-state index is 0.528. The summed E-state index contributed by atoms with van der Waals surface area (Å²) in [6, 6.07) is 4.10. The summed E-state index contributed by atoms with van der Waals surface area (Å²) in [7, 11) is 1.66. The van der Waals surface area contributed by atoms with Gasteiger partial charge < -0.3 is 18.9 Å². The summed E-state index contributed by atoms with van der Waals surface area (Å²) in [5.41, 5.74) is 2.24. The predicted molar refractivity (Wildman–Crippen MR) is 90.5 cm³/mol. The van der Waals surface area contributed by atoms with Crippen LogP contribution in [0.3, 0.4) is 0 Å². The van der Waals surface area contributed by atoms with E-state index in [0.29, 0.717) is 39.6 Å². The van der Waals surface area contributed by atoms with Crippen LogP contribution >= 0.6 is 31.9 Å². The Balaban J connectivity index is 2.21. The number of alkyl halides is 1. The van der Waals surface area contributed by atoms with Crippen molar-refractivity contribution in [3.63, 3.8) is 0 Å². The Hall–Kier alpha value is -0.140. The Labute approximate surface area is 143 Å². The smallest absolute Gasteiger partial charge is 0.126 e. The third-order valence-electron chi connectivity index (χ3n) is 2.74. The van der Waals surface area contributed by atoms with Gasteiger partial charge in [-0.3, -0.25) is 0 Å². The Morgan fingerprint density at radius 3 is 2.19 bits per heavy atom. The molecule has 0 radical (unpaired) electrons. The average molecular weight is 426 g/mol. The molecule has 0 saturated heterocycles. The molecule has 0 aliphatic heterocycles. The molecule has 4 nitrogen and oxygen atoms in total. The second-order valence-corrected chi connectivity index (χ2v) is 5.89. The minimum Gasteiger partial charge on any atom is -0.491 e. The van der Waals surface area contributed by atoms with Crippen molar-refractivity contribution < 1.29 is 18.9 Å². The molecular weight excluding hydrogens is 404 g/mol. The molecule has 1 aromatic carbocycles. The lowest BCUT2D eigenvalue weighted by molar-refractivity contribution is 0.0179. The van der Waals surface area contributed by atoms with E-state index in [-0.39, 0.29) is 0 Å². The van der Waals surface area contributed by atoms with Gasteiger partial charge in [0.2, 0.25) is 0 Å². The standard InChI is InChI=1S/C15H22Br2O4/c1-12-9-14(17)10-13(11-16)15(12)21-8-7-20-6-5-19-4-3-18-2/h9-10H,3-8,11H2,1-2H3. The minimum atomic E-state index is 0.528. The van der Waals surface area contributed by atoms with Gasteiger partial charge in [-0.25, -0.2) is 0 Å². The van der Waals surface area contributed by atoms with Gasteiger partial charge in [0.1, 0.15) is 12.4 Å². The van der Waals surface area contributed by atoms with Crippen molar-refractivity contribution in [3.05, 3.63) is 27.7 Å². The molecule has 0 aliphatic rings. The molecule has 0 heterocycles. The van der Waals surface area contributed by atoms with Crippen LogP contribution in [0, 0.1) is 6.92 Å². The van der Waals surface area contributed by atoms with E-state index >= 15 is 0 Å². The molecule has 0 aromatic heterocycles. The highest BCUT2D eigenvalue weighted by atomic mass is 79.9. The second-order valence-electron chi connectivity index (χ2n) is 4.41. The third-order valence-corrected chi connectivity index (χ3v) is 3.80. The lowest BCUT2D eigenvalue weighted by Crippen LogP contribution is -2.13. The fraction of sp³-hybridized carbons (Fsp3) is 0.600. The molecule has 0 spiro atoms. The Bertz CT molecular complexity index is 413. The van der Waals surface area contributed by atoms with E-state index in [2.05, 4.69) is 37.9 Å². The molecular formula is C15H22Br2O4. The summed E-state index contributed by atoms with van der Waals surface area (Å²) in [5, 5.41) is 0.761. The molecule has 0 atom stereocenters. The van der Waals surface area contributed by atoms with Crippen LogP contribution in [0.1, 0.15) is 11.1 Å². The SMILES string of the molecule is COCCOCCOCCOc1c(C)cc(Br)cc1CBr. The molecule has 6 heteroatoms. The highest BCUT2D eigenvalue weighted by molar-refractivity contribution is 9.10. The molecule has 1 aromatic rings. The van der Waals surface area contributed by atoms with Crippen LogP contribution in [-0.4, -0.2) is 46.8 Å². The number of benzene rings is 1. The molecule has 1 rings (SSSR count). The Kier molecular flexibility index (Phi) is 10.3. The molecule has 0 fully saturated rings. The number of rotatable bonds is 11. The van der Waals surface area contributed by atoms with Gasteiger partial charge in [-0.15, -0.1) is 0 Å². The van der Waals surface area contributed by atoms with Gasteiger partial charge >= 0.3 is 0 Å². The zero-order chi connectivity index (χ0) is 15.5. The summed E-state index contributed by atoms with van der Waals surface area (Å²) in [6.07, 6.45) is 0. The average Bonchev–Trinajstić information content (AvgIpc) is 2.46. The zero-order valence-corrected chi connectivity index (χ0v) is 15.7.